The number of hydrogen-bond acceptors (Lipinski definition) is 3. The van der Waals surface area contributed by atoms with Crippen molar-refractivity contribution in [2.24, 2.45) is 4.99 Å². The first kappa shape index (κ1) is 22.9. The number of para-hydroxylation sites is 2. The van der Waals surface area contributed by atoms with Crippen molar-refractivity contribution in [3.63, 3.8) is 0 Å². The highest BCUT2D eigenvalue weighted by molar-refractivity contribution is 14.0. The van der Waals surface area contributed by atoms with Crippen LogP contribution < -0.4 is 10.6 Å². The molecule has 1 aromatic heterocycles. The largest absolute Gasteiger partial charge is 0.378 e. The maximum atomic E-state index is 5.96. The Bertz CT molecular complexity index is 679. The Balaban J connectivity index is 0.00000280. The molecule has 2 aromatic rings. The number of hydrogen-bond donors (Lipinski definition) is 3. The number of aromatic nitrogens is 2. The Morgan fingerprint density at radius 2 is 1.89 bits per heavy atom. The second-order valence-electron chi connectivity index (χ2n) is 7.21. The zero-order valence-electron chi connectivity index (χ0n) is 16.9. The summed E-state index contributed by atoms with van der Waals surface area (Å²) in [6, 6.07) is 8.15. The minimum atomic E-state index is 0. The summed E-state index contributed by atoms with van der Waals surface area (Å²) in [7, 11) is 1.81. The van der Waals surface area contributed by atoms with Gasteiger partial charge in [0.2, 0.25) is 0 Å². The quantitative estimate of drug-likeness (QED) is 0.211. The first-order valence-electron chi connectivity index (χ1n) is 10.3. The number of nitrogens with one attached hydrogen (secondary N) is 3. The smallest absolute Gasteiger partial charge is 0.190 e. The van der Waals surface area contributed by atoms with Crippen LogP contribution in [0.3, 0.4) is 0 Å². The van der Waals surface area contributed by atoms with E-state index in [1.165, 1.54) is 32.1 Å². The van der Waals surface area contributed by atoms with Gasteiger partial charge in [0.05, 0.1) is 17.1 Å². The van der Waals surface area contributed by atoms with Crippen molar-refractivity contribution < 1.29 is 4.74 Å². The van der Waals surface area contributed by atoms with Gasteiger partial charge in [-0.05, 0) is 37.8 Å². The second kappa shape index (κ2) is 13.0. The van der Waals surface area contributed by atoms with E-state index >= 15 is 0 Å². The highest BCUT2D eigenvalue weighted by Gasteiger charge is 2.12. The highest BCUT2D eigenvalue weighted by Crippen LogP contribution is 2.20. The van der Waals surface area contributed by atoms with E-state index in [0.29, 0.717) is 6.10 Å². The molecular formula is C21H34IN5O. The van der Waals surface area contributed by atoms with Crippen LogP contribution in [-0.4, -0.2) is 48.8 Å². The summed E-state index contributed by atoms with van der Waals surface area (Å²) in [4.78, 5) is 12.3. The number of rotatable bonds is 9. The summed E-state index contributed by atoms with van der Waals surface area (Å²) in [6.45, 7) is 2.59. The molecule has 1 saturated carbocycles. The molecule has 0 unspecified atom stereocenters. The molecule has 1 heterocycles. The fourth-order valence-electron chi connectivity index (χ4n) is 3.57. The van der Waals surface area contributed by atoms with Crippen molar-refractivity contribution in [2.75, 3.05) is 26.7 Å². The number of imidazole rings is 1. The maximum absolute atomic E-state index is 5.96. The Morgan fingerprint density at radius 1 is 1.14 bits per heavy atom. The fourth-order valence-corrected chi connectivity index (χ4v) is 3.57. The molecule has 7 heteroatoms. The minimum Gasteiger partial charge on any atom is -0.378 e. The molecule has 0 amide bonds. The van der Waals surface area contributed by atoms with E-state index in [1.54, 1.807) is 0 Å². The molecule has 0 spiro atoms. The van der Waals surface area contributed by atoms with Crippen LogP contribution in [0.4, 0.5) is 0 Å². The van der Waals surface area contributed by atoms with Crippen molar-refractivity contribution in [3.05, 3.63) is 30.1 Å². The number of guanidine groups is 1. The predicted octanol–water partition coefficient (Wildman–Crippen LogP) is 4.02. The van der Waals surface area contributed by atoms with Crippen LogP contribution in [0, 0.1) is 0 Å². The van der Waals surface area contributed by atoms with Crippen molar-refractivity contribution >= 4 is 41.0 Å². The molecule has 1 aliphatic rings. The number of ether oxygens (including phenoxy) is 1. The highest BCUT2D eigenvalue weighted by atomic mass is 127. The lowest BCUT2D eigenvalue weighted by Crippen LogP contribution is -2.38. The average molecular weight is 499 g/mol. The molecule has 1 fully saturated rings. The number of aryl methyl sites for hydroxylation is 1. The standard InChI is InChI=1S/C21H33N5O.HI/c1-22-21(24-15-8-16-27-17-9-3-2-4-10-17)23-14-7-13-20-25-18-11-5-6-12-19(18)26-20;/h5-6,11-12,17H,2-4,7-10,13-16H2,1H3,(H,25,26)(H2,22,23,24);1H. The van der Waals surface area contributed by atoms with E-state index < -0.39 is 0 Å². The number of fused-ring (bicyclic) bond motifs is 1. The van der Waals surface area contributed by atoms with Crippen molar-refractivity contribution in [1.29, 1.82) is 0 Å². The van der Waals surface area contributed by atoms with Crippen molar-refractivity contribution in [1.82, 2.24) is 20.6 Å². The van der Waals surface area contributed by atoms with E-state index in [0.717, 1.165) is 61.8 Å². The molecule has 0 atom stereocenters. The summed E-state index contributed by atoms with van der Waals surface area (Å²) in [5, 5.41) is 6.73. The summed E-state index contributed by atoms with van der Waals surface area (Å²) in [6.07, 6.45) is 9.94. The third-order valence-corrected chi connectivity index (χ3v) is 5.06. The Kier molecular flexibility index (Phi) is 10.6. The Hall–Kier alpha value is -1.35. The van der Waals surface area contributed by atoms with Crippen LogP contribution in [0.25, 0.3) is 11.0 Å². The zero-order valence-corrected chi connectivity index (χ0v) is 19.2. The van der Waals surface area contributed by atoms with E-state index in [4.69, 9.17) is 4.74 Å². The van der Waals surface area contributed by atoms with Crippen molar-refractivity contribution in [2.45, 2.75) is 57.5 Å². The predicted molar refractivity (Wildman–Crippen MR) is 127 cm³/mol. The van der Waals surface area contributed by atoms with Gasteiger partial charge in [-0.1, -0.05) is 31.4 Å². The first-order valence-corrected chi connectivity index (χ1v) is 10.3. The molecule has 6 nitrogen and oxygen atoms in total. The van der Waals surface area contributed by atoms with E-state index in [2.05, 4.69) is 31.7 Å². The molecule has 3 N–H and O–H groups in total. The summed E-state index contributed by atoms with van der Waals surface area (Å²) >= 11 is 0. The number of aromatic amines is 1. The van der Waals surface area contributed by atoms with Gasteiger partial charge in [0.25, 0.3) is 0 Å². The van der Waals surface area contributed by atoms with E-state index in [-0.39, 0.29) is 24.0 Å². The summed E-state index contributed by atoms with van der Waals surface area (Å²) in [5.74, 6) is 1.90. The number of aliphatic imine (C=N–C) groups is 1. The van der Waals surface area contributed by atoms with E-state index in [9.17, 15) is 0 Å². The van der Waals surface area contributed by atoms with Crippen molar-refractivity contribution in [3.8, 4) is 0 Å². The topological polar surface area (TPSA) is 74.3 Å². The summed E-state index contributed by atoms with van der Waals surface area (Å²) < 4.78 is 5.96. The Labute approximate surface area is 185 Å². The number of benzene rings is 1. The number of nitrogens with zero attached hydrogens (tertiary/aromatic N) is 2. The second-order valence-corrected chi connectivity index (χ2v) is 7.21. The van der Waals surface area contributed by atoms with Gasteiger partial charge < -0.3 is 20.4 Å². The van der Waals surface area contributed by atoms with Gasteiger partial charge in [-0.3, -0.25) is 4.99 Å². The molecule has 0 radical (unpaired) electrons. The molecular weight excluding hydrogens is 465 g/mol. The SMILES string of the molecule is CN=C(NCCCOC1CCCCC1)NCCCc1nc2ccccc2[nH]1.I. The van der Waals surface area contributed by atoms with Gasteiger partial charge in [0.15, 0.2) is 5.96 Å². The first-order chi connectivity index (χ1) is 13.3. The number of H-pyrrole nitrogens is 1. The van der Waals surface area contributed by atoms with Gasteiger partial charge in [0.1, 0.15) is 5.82 Å². The lowest BCUT2D eigenvalue weighted by Gasteiger charge is -2.22. The lowest BCUT2D eigenvalue weighted by atomic mass is 9.98. The van der Waals surface area contributed by atoms with Crippen LogP contribution in [-0.2, 0) is 11.2 Å². The molecule has 0 aliphatic heterocycles. The molecule has 1 aromatic carbocycles. The normalized spacial score (nSPS) is 15.4. The molecule has 1 aliphatic carbocycles. The Morgan fingerprint density at radius 3 is 2.64 bits per heavy atom. The van der Waals surface area contributed by atoms with Crippen LogP contribution in [0.15, 0.2) is 29.3 Å². The molecule has 0 saturated heterocycles. The van der Waals surface area contributed by atoms with E-state index in [1.807, 2.05) is 25.2 Å². The summed E-state index contributed by atoms with van der Waals surface area (Å²) in [5.41, 5.74) is 2.14. The van der Waals surface area contributed by atoms with Gasteiger partial charge in [-0.15, -0.1) is 24.0 Å². The molecule has 28 heavy (non-hydrogen) atoms. The van der Waals surface area contributed by atoms with Gasteiger partial charge >= 0.3 is 0 Å². The van der Waals surface area contributed by atoms with Crippen LogP contribution >= 0.6 is 24.0 Å². The molecule has 0 bridgehead atoms. The third kappa shape index (κ3) is 7.58. The van der Waals surface area contributed by atoms with Crippen LogP contribution in [0.2, 0.25) is 0 Å². The maximum Gasteiger partial charge on any atom is 0.190 e. The molecule has 3 rings (SSSR count). The lowest BCUT2D eigenvalue weighted by molar-refractivity contribution is 0.0277. The van der Waals surface area contributed by atoms with Gasteiger partial charge in [0, 0.05) is 33.2 Å². The zero-order chi connectivity index (χ0) is 18.7. The van der Waals surface area contributed by atoms with Crippen LogP contribution in [0.1, 0.15) is 50.8 Å². The van der Waals surface area contributed by atoms with Gasteiger partial charge in [-0.2, -0.15) is 0 Å². The third-order valence-electron chi connectivity index (χ3n) is 5.06. The monoisotopic (exact) mass is 499 g/mol. The van der Waals surface area contributed by atoms with Crippen LogP contribution in [0.5, 0.6) is 0 Å². The average Bonchev–Trinajstić information content (AvgIpc) is 3.13. The minimum absolute atomic E-state index is 0. The molecule has 156 valence electrons. The number of halogens is 1. The fraction of sp³-hybridized carbons (Fsp3) is 0.619. The van der Waals surface area contributed by atoms with Gasteiger partial charge in [-0.25, -0.2) is 4.98 Å².